The number of carboxylic acids is 2. The van der Waals surface area contributed by atoms with Gasteiger partial charge in [-0.15, -0.1) is 0 Å². The van der Waals surface area contributed by atoms with Gasteiger partial charge in [0, 0.05) is 37.6 Å². The van der Waals surface area contributed by atoms with Crippen molar-refractivity contribution in [2.24, 2.45) is 0 Å². The SMILES string of the molecule is CC.CCC(=O)O.CCC(=O)O.c1cnccn1. The summed E-state index contributed by atoms with van der Waals surface area (Å²) in [5, 5.41) is 15.4. The molecule has 0 amide bonds. The summed E-state index contributed by atoms with van der Waals surface area (Å²) in [6.45, 7) is 7.20. The lowest BCUT2D eigenvalue weighted by molar-refractivity contribution is -0.137. The highest BCUT2D eigenvalue weighted by Gasteiger charge is 1.81. The summed E-state index contributed by atoms with van der Waals surface area (Å²) in [7, 11) is 0. The van der Waals surface area contributed by atoms with Gasteiger partial charge >= 0.3 is 11.9 Å². The van der Waals surface area contributed by atoms with Gasteiger partial charge in [-0.25, -0.2) is 0 Å². The van der Waals surface area contributed by atoms with Crippen LogP contribution in [0, 0.1) is 0 Å². The first kappa shape index (κ1) is 21.3. The minimum atomic E-state index is -0.745. The summed E-state index contributed by atoms with van der Waals surface area (Å²) in [6, 6.07) is 0. The number of hydrogen-bond donors (Lipinski definition) is 2. The normalized spacial score (nSPS) is 7.11. The Morgan fingerprint density at radius 3 is 1.06 bits per heavy atom. The molecule has 18 heavy (non-hydrogen) atoms. The molecule has 1 heterocycles. The molecular weight excluding hydrogens is 236 g/mol. The molecule has 0 bridgehead atoms. The van der Waals surface area contributed by atoms with Crippen LogP contribution in [-0.2, 0) is 9.59 Å². The standard InChI is InChI=1S/C4H4N2.2C3H6O2.C2H6/c1-2-6-4-3-5-1;2*1-2-3(4)5;1-2/h1-4H;2*2H2,1H3,(H,4,5);1-2H3. The number of carbonyl (C=O) groups is 2. The molecule has 0 aromatic carbocycles. The number of hydrogen-bond acceptors (Lipinski definition) is 4. The van der Waals surface area contributed by atoms with E-state index in [2.05, 4.69) is 9.97 Å². The molecule has 6 nitrogen and oxygen atoms in total. The van der Waals surface area contributed by atoms with Gasteiger partial charge < -0.3 is 10.2 Å². The molecule has 0 radical (unpaired) electrons. The first-order chi connectivity index (χ1) is 8.54. The van der Waals surface area contributed by atoms with Crippen molar-refractivity contribution in [1.29, 1.82) is 0 Å². The maximum Gasteiger partial charge on any atom is 0.303 e. The molecule has 0 saturated carbocycles. The van der Waals surface area contributed by atoms with Gasteiger partial charge in [0.15, 0.2) is 0 Å². The van der Waals surface area contributed by atoms with Crippen molar-refractivity contribution in [2.45, 2.75) is 40.5 Å². The molecule has 0 spiro atoms. The zero-order valence-electron chi connectivity index (χ0n) is 11.3. The molecule has 0 aliphatic rings. The topological polar surface area (TPSA) is 100 Å². The van der Waals surface area contributed by atoms with E-state index in [0.717, 1.165) is 0 Å². The van der Waals surface area contributed by atoms with E-state index in [1.165, 1.54) is 0 Å². The number of aromatic nitrogens is 2. The zero-order valence-corrected chi connectivity index (χ0v) is 11.3. The van der Waals surface area contributed by atoms with Gasteiger partial charge in [-0.1, -0.05) is 27.7 Å². The number of nitrogens with zero attached hydrogens (tertiary/aromatic N) is 2. The number of aliphatic carboxylic acids is 2. The van der Waals surface area contributed by atoms with Gasteiger partial charge in [-0.3, -0.25) is 19.6 Å². The number of rotatable bonds is 2. The summed E-state index contributed by atoms with van der Waals surface area (Å²) in [6.07, 6.45) is 7.00. The third-order valence-electron chi connectivity index (χ3n) is 1.08. The van der Waals surface area contributed by atoms with Gasteiger partial charge in [0.2, 0.25) is 0 Å². The third kappa shape index (κ3) is 37.0. The molecule has 6 heteroatoms. The molecular formula is C12H22N2O4. The molecule has 2 N–H and O–H groups in total. The van der Waals surface area contributed by atoms with Crippen LogP contribution in [0.25, 0.3) is 0 Å². The molecule has 1 rings (SSSR count). The molecule has 0 atom stereocenters. The molecule has 0 unspecified atom stereocenters. The second-order valence-corrected chi connectivity index (χ2v) is 2.39. The van der Waals surface area contributed by atoms with Crippen LogP contribution < -0.4 is 0 Å². The average Bonchev–Trinajstić information content (AvgIpc) is 2.44. The monoisotopic (exact) mass is 258 g/mol. The lowest BCUT2D eigenvalue weighted by Gasteiger charge is -1.71. The largest absolute Gasteiger partial charge is 0.481 e. The fraction of sp³-hybridized carbons (Fsp3) is 0.500. The third-order valence-corrected chi connectivity index (χ3v) is 1.08. The van der Waals surface area contributed by atoms with Crippen LogP contribution in [0.2, 0.25) is 0 Å². The van der Waals surface area contributed by atoms with E-state index in [-0.39, 0.29) is 12.8 Å². The van der Waals surface area contributed by atoms with E-state index < -0.39 is 11.9 Å². The Balaban J connectivity index is -0.000000177. The Morgan fingerprint density at radius 2 is 1.00 bits per heavy atom. The quantitative estimate of drug-likeness (QED) is 0.845. The molecule has 0 aliphatic heterocycles. The van der Waals surface area contributed by atoms with E-state index in [0.29, 0.717) is 0 Å². The Bertz CT molecular complexity index is 238. The second kappa shape index (κ2) is 20.4. The second-order valence-electron chi connectivity index (χ2n) is 2.39. The van der Waals surface area contributed by atoms with Gasteiger partial charge in [-0.2, -0.15) is 0 Å². The van der Waals surface area contributed by atoms with Crippen molar-refractivity contribution >= 4 is 11.9 Å². The van der Waals surface area contributed by atoms with Gasteiger partial charge in [0.1, 0.15) is 0 Å². The maximum atomic E-state index is 9.37. The zero-order chi connectivity index (χ0) is 14.8. The first-order valence-corrected chi connectivity index (χ1v) is 5.68. The predicted octanol–water partition coefficient (Wildman–Crippen LogP) is 2.46. The van der Waals surface area contributed by atoms with E-state index in [1.807, 2.05) is 13.8 Å². The van der Waals surface area contributed by atoms with Crippen molar-refractivity contribution in [3.8, 4) is 0 Å². The predicted molar refractivity (Wildman–Crippen MR) is 69.2 cm³/mol. The van der Waals surface area contributed by atoms with Crippen LogP contribution in [-0.4, -0.2) is 32.1 Å². The molecule has 1 aromatic rings. The minimum Gasteiger partial charge on any atom is -0.481 e. The lowest BCUT2D eigenvalue weighted by Crippen LogP contribution is -1.86. The smallest absolute Gasteiger partial charge is 0.303 e. The highest BCUT2D eigenvalue weighted by atomic mass is 16.4. The number of carboxylic acid groups (broad SMARTS) is 2. The minimum absolute atomic E-state index is 0.222. The van der Waals surface area contributed by atoms with Crippen LogP contribution >= 0.6 is 0 Å². The van der Waals surface area contributed by atoms with Crippen molar-refractivity contribution in [3.63, 3.8) is 0 Å². The van der Waals surface area contributed by atoms with Crippen LogP contribution in [0.15, 0.2) is 24.8 Å². The average molecular weight is 258 g/mol. The van der Waals surface area contributed by atoms with E-state index in [9.17, 15) is 9.59 Å². The van der Waals surface area contributed by atoms with Gasteiger partial charge in [0.05, 0.1) is 0 Å². The summed E-state index contributed by atoms with van der Waals surface area (Å²) in [5.74, 6) is -1.49. The molecule has 1 aromatic heterocycles. The van der Waals surface area contributed by atoms with Crippen molar-refractivity contribution in [1.82, 2.24) is 9.97 Å². The van der Waals surface area contributed by atoms with Crippen molar-refractivity contribution < 1.29 is 19.8 Å². The van der Waals surface area contributed by atoms with Crippen molar-refractivity contribution in [2.75, 3.05) is 0 Å². The summed E-state index contributed by atoms with van der Waals surface area (Å²) in [4.78, 5) is 26.2. The molecule has 0 aliphatic carbocycles. The highest BCUT2D eigenvalue weighted by molar-refractivity contribution is 5.66. The van der Waals surface area contributed by atoms with Crippen LogP contribution in [0.5, 0.6) is 0 Å². The maximum absolute atomic E-state index is 9.37. The molecule has 104 valence electrons. The fourth-order valence-corrected chi connectivity index (χ4v) is 0.253. The van der Waals surface area contributed by atoms with E-state index in [4.69, 9.17) is 10.2 Å². The molecule has 0 fully saturated rings. The van der Waals surface area contributed by atoms with Crippen LogP contribution in [0.3, 0.4) is 0 Å². The highest BCUT2D eigenvalue weighted by Crippen LogP contribution is 1.67. The van der Waals surface area contributed by atoms with Gasteiger partial charge in [-0.05, 0) is 0 Å². The van der Waals surface area contributed by atoms with E-state index >= 15 is 0 Å². The Kier molecular flexibility index (Phi) is 24.2. The Morgan fingerprint density at radius 1 is 0.833 bits per heavy atom. The lowest BCUT2D eigenvalue weighted by atomic mass is 10.5. The summed E-state index contributed by atoms with van der Waals surface area (Å²) >= 11 is 0. The molecule has 0 saturated heterocycles. The van der Waals surface area contributed by atoms with Crippen LogP contribution in [0.4, 0.5) is 0 Å². The Labute approximate surface area is 108 Å². The van der Waals surface area contributed by atoms with E-state index in [1.54, 1.807) is 38.6 Å². The first-order valence-electron chi connectivity index (χ1n) is 5.68. The fourth-order valence-electron chi connectivity index (χ4n) is 0.253. The summed E-state index contributed by atoms with van der Waals surface area (Å²) < 4.78 is 0. The summed E-state index contributed by atoms with van der Waals surface area (Å²) in [5.41, 5.74) is 0. The van der Waals surface area contributed by atoms with Crippen molar-refractivity contribution in [3.05, 3.63) is 24.8 Å². The van der Waals surface area contributed by atoms with Crippen LogP contribution in [0.1, 0.15) is 40.5 Å². The Hall–Kier alpha value is -1.98. The van der Waals surface area contributed by atoms with Gasteiger partial charge in [0.25, 0.3) is 0 Å².